The minimum absolute atomic E-state index is 0.288. The van der Waals surface area contributed by atoms with Crippen molar-refractivity contribution in [2.24, 2.45) is 5.10 Å². The van der Waals surface area contributed by atoms with Crippen LogP contribution < -0.4 is 5.43 Å². The molecule has 1 N–H and O–H groups in total. The molecule has 0 saturated heterocycles. The zero-order chi connectivity index (χ0) is 14.4. The van der Waals surface area contributed by atoms with Crippen molar-refractivity contribution >= 4 is 28.1 Å². The van der Waals surface area contributed by atoms with Gasteiger partial charge in [-0.15, -0.1) is 11.3 Å². The van der Waals surface area contributed by atoms with Crippen molar-refractivity contribution in [3.8, 4) is 0 Å². The van der Waals surface area contributed by atoms with Gasteiger partial charge in [-0.2, -0.15) is 5.10 Å². The van der Waals surface area contributed by atoms with Gasteiger partial charge in [0.1, 0.15) is 0 Å². The van der Waals surface area contributed by atoms with Crippen LogP contribution in [0, 0.1) is 0 Å². The number of nitrogens with one attached hydrogen (secondary N) is 1. The van der Waals surface area contributed by atoms with Crippen molar-refractivity contribution in [1.82, 2.24) is 9.97 Å². The van der Waals surface area contributed by atoms with Crippen LogP contribution in [0.3, 0.4) is 0 Å². The Morgan fingerprint density at radius 2 is 2.20 bits per heavy atom. The fraction of sp³-hybridized carbons (Fsp3) is 0.231. The average Bonchev–Trinajstić information content (AvgIpc) is 2.95. The Labute approximate surface area is 120 Å². The molecular weight excluding hydrogens is 276 g/mol. The van der Waals surface area contributed by atoms with Crippen LogP contribution in [0.1, 0.15) is 29.9 Å². The van der Waals surface area contributed by atoms with E-state index in [4.69, 9.17) is 4.74 Å². The molecule has 6 nitrogen and oxygen atoms in total. The number of aromatic nitrogens is 2. The summed E-state index contributed by atoms with van der Waals surface area (Å²) < 4.78 is 4.87. The van der Waals surface area contributed by atoms with E-state index in [2.05, 4.69) is 20.5 Å². The van der Waals surface area contributed by atoms with Crippen molar-refractivity contribution in [2.75, 3.05) is 12.0 Å². The van der Waals surface area contributed by atoms with Crippen molar-refractivity contribution in [3.63, 3.8) is 0 Å². The molecule has 0 unspecified atom stereocenters. The van der Waals surface area contributed by atoms with E-state index in [0.717, 1.165) is 11.3 Å². The Morgan fingerprint density at radius 1 is 1.45 bits per heavy atom. The minimum atomic E-state index is -0.424. The highest BCUT2D eigenvalue weighted by molar-refractivity contribution is 7.13. The van der Waals surface area contributed by atoms with E-state index in [1.54, 1.807) is 24.7 Å². The predicted octanol–water partition coefficient (Wildman–Crippen LogP) is 2.55. The number of carbonyl (C=O) groups excluding carboxylic acids is 1. The number of anilines is 1. The molecule has 2 rings (SSSR count). The predicted molar refractivity (Wildman–Crippen MR) is 78.1 cm³/mol. The van der Waals surface area contributed by atoms with E-state index in [1.807, 2.05) is 19.1 Å². The maximum absolute atomic E-state index is 11.5. The number of carbonyl (C=O) groups is 1. The number of rotatable bonds is 5. The fourth-order valence-electron chi connectivity index (χ4n) is 1.41. The third-order valence-corrected chi connectivity index (χ3v) is 3.15. The summed E-state index contributed by atoms with van der Waals surface area (Å²) in [6, 6.07) is 3.73. The van der Waals surface area contributed by atoms with Gasteiger partial charge in [0.25, 0.3) is 0 Å². The van der Waals surface area contributed by atoms with Gasteiger partial charge in [-0.1, -0.05) is 0 Å². The molecule has 2 aromatic rings. The summed E-state index contributed by atoms with van der Waals surface area (Å²) in [4.78, 5) is 19.5. The summed E-state index contributed by atoms with van der Waals surface area (Å²) in [7, 11) is 0. The average molecular weight is 290 g/mol. The Kier molecular flexibility index (Phi) is 4.78. The first-order chi connectivity index (χ1) is 9.70. The summed E-state index contributed by atoms with van der Waals surface area (Å²) in [5, 5.41) is 6.40. The number of hydrogen-bond acceptors (Lipinski definition) is 7. The van der Waals surface area contributed by atoms with E-state index < -0.39 is 5.97 Å². The number of esters is 1. The zero-order valence-corrected chi connectivity index (χ0v) is 12.0. The third-order valence-electron chi connectivity index (χ3n) is 2.41. The molecule has 0 saturated carbocycles. The van der Waals surface area contributed by atoms with Crippen LogP contribution in [0.4, 0.5) is 5.13 Å². The second-order valence-electron chi connectivity index (χ2n) is 3.80. The standard InChI is InChI=1S/C13H14N4O2S/c1-3-19-12(18)11-8-20-13(15-11)17-16-9(2)10-4-6-14-7-5-10/h4-8H,3H2,1-2H3,(H,15,17)/b16-9+. The van der Waals surface area contributed by atoms with E-state index in [0.29, 0.717) is 11.7 Å². The van der Waals surface area contributed by atoms with Crippen LogP contribution in [-0.2, 0) is 4.74 Å². The SMILES string of the molecule is CCOC(=O)c1csc(N/N=C(\C)c2ccncc2)n1. The largest absolute Gasteiger partial charge is 0.461 e. The zero-order valence-electron chi connectivity index (χ0n) is 11.2. The molecule has 7 heteroatoms. The first kappa shape index (κ1) is 14.1. The van der Waals surface area contributed by atoms with Gasteiger partial charge in [0, 0.05) is 23.3 Å². The van der Waals surface area contributed by atoms with Crippen molar-refractivity contribution in [1.29, 1.82) is 0 Å². The van der Waals surface area contributed by atoms with Crippen molar-refractivity contribution in [3.05, 3.63) is 41.2 Å². The van der Waals surface area contributed by atoms with Crippen molar-refractivity contribution in [2.45, 2.75) is 13.8 Å². The number of thiazole rings is 1. The molecule has 0 aliphatic heterocycles. The second-order valence-corrected chi connectivity index (χ2v) is 4.66. The van der Waals surface area contributed by atoms with Gasteiger partial charge < -0.3 is 4.74 Å². The van der Waals surface area contributed by atoms with Crippen LogP contribution in [0.15, 0.2) is 35.0 Å². The lowest BCUT2D eigenvalue weighted by Gasteiger charge is -2.00. The van der Waals surface area contributed by atoms with Crippen LogP contribution in [-0.4, -0.2) is 28.3 Å². The maximum atomic E-state index is 11.5. The summed E-state index contributed by atoms with van der Waals surface area (Å²) in [6.45, 7) is 3.96. The summed E-state index contributed by atoms with van der Waals surface area (Å²) in [6.07, 6.45) is 3.41. The maximum Gasteiger partial charge on any atom is 0.357 e. The number of pyridine rings is 1. The van der Waals surface area contributed by atoms with Gasteiger partial charge >= 0.3 is 5.97 Å². The molecule has 20 heavy (non-hydrogen) atoms. The highest BCUT2D eigenvalue weighted by atomic mass is 32.1. The van der Waals surface area contributed by atoms with Crippen molar-refractivity contribution < 1.29 is 9.53 Å². The quantitative estimate of drug-likeness (QED) is 0.520. The van der Waals surface area contributed by atoms with Crippen LogP contribution in [0.2, 0.25) is 0 Å². The van der Waals surface area contributed by atoms with Gasteiger partial charge in [-0.05, 0) is 26.0 Å². The van der Waals surface area contributed by atoms with Crippen LogP contribution >= 0.6 is 11.3 Å². The smallest absolute Gasteiger partial charge is 0.357 e. The highest BCUT2D eigenvalue weighted by Crippen LogP contribution is 2.16. The van der Waals surface area contributed by atoms with E-state index in [-0.39, 0.29) is 5.69 Å². The molecule has 0 aliphatic rings. The summed E-state index contributed by atoms with van der Waals surface area (Å²) in [5.41, 5.74) is 4.89. The molecule has 2 aromatic heterocycles. The van der Waals surface area contributed by atoms with E-state index in [9.17, 15) is 4.79 Å². The third kappa shape index (κ3) is 3.61. The molecule has 0 bridgehead atoms. The lowest BCUT2D eigenvalue weighted by Crippen LogP contribution is -2.05. The number of hydrazone groups is 1. The first-order valence-corrected chi connectivity index (χ1v) is 6.92. The lowest BCUT2D eigenvalue weighted by atomic mass is 10.2. The Hall–Kier alpha value is -2.28. The monoisotopic (exact) mass is 290 g/mol. The van der Waals surface area contributed by atoms with E-state index >= 15 is 0 Å². The molecular formula is C13H14N4O2S. The second kappa shape index (κ2) is 6.76. The molecule has 0 atom stereocenters. The molecule has 0 amide bonds. The fourth-order valence-corrected chi connectivity index (χ4v) is 2.03. The van der Waals surface area contributed by atoms with Crippen LogP contribution in [0.25, 0.3) is 0 Å². The van der Waals surface area contributed by atoms with Gasteiger partial charge in [-0.3, -0.25) is 10.4 Å². The van der Waals surface area contributed by atoms with Gasteiger partial charge in [0.2, 0.25) is 5.13 Å². The van der Waals surface area contributed by atoms with Crippen LogP contribution in [0.5, 0.6) is 0 Å². The Balaban J connectivity index is 2.02. The minimum Gasteiger partial charge on any atom is -0.461 e. The van der Waals surface area contributed by atoms with Gasteiger partial charge in [-0.25, -0.2) is 9.78 Å². The van der Waals surface area contributed by atoms with Gasteiger partial charge in [0.15, 0.2) is 5.69 Å². The molecule has 0 spiro atoms. The molecule has 0 aliphatic carbocycles. The first-order valence-electron chi connectivity index (χ1n) is 6.04. The van der Waals surface area contributed by atoms with Gasteiger partial charge in [0.05, 0.1) is 12.3 Å². The summed E-state index contributed by atoms with van der Waals surface area (Å²) >= 11 is 1.30. The molecule has 0 aromatic carbocycles. The molecule has 104 valence electrons. The van der Waals surface area contributed by atoms with E-state index in [1.165, 1.54) is 11.3 Å². The number of nitrogens with zero attached hydrogens (tertiary/aromatic N) is 3. The summed E-state index contributed by atoms with van der Waals surface area (Å²) in [5.74, 6) is -0.424. The molecule has 2 heterocycles. The highest BCUT2D eigenvalue weighted by Gasteiger charge is 2.11. The number of hydrogen-bond donors (Lipinski definition) is 1. The normalized spacial score (nSPS) is 11.2. The molecule has 0 radical (unpaired) electrons. The Bertz CT molecular complexity index is 610. The lowest BCUT2D eigenvalue weighted by molar-refractivity contribution is 0.0520. The molecule has 0 fully saturated rings. The topological polar surface area (TPSA) is 76.5 Å². The Morgan fingerprint density at radius 3 is 2.90 bits per heavy atom. The number of ether oxygens (including phenoxy) is 1.